The smallest absolute Gasteiger partial charge is 0.160 e. The van der Waals surface area contributed by atoms with E-state index in [1.165, 1.54) is 44.2 Å². The van der Waals surface area contributed by atoms with E-state index in [1.807, 2.05) is 36.4 Å². The molecule has 0 spiro atoms. The summed E-state index contributed by atoms with van der Waals surface area (Å²) in [5.74, 6) is 0.681. The zero-order valence-electron chi connectivity index (χ0n) is 32.4. The van der Waals surface area contributed by atoms with Crippen molar-refractivity contribution < 1.29 is 0 Å². The first-order valence-electron chi connectivity index (χ1n) is 20.3. The van der Waals surface area contributed by atoms with E-state index in [0.29, 0.717) is 5.82 Å². The molecule has 1 aliphatic carbocycles. The van der Waals surface area contributed by atoms with E-state index in [-0.39, 0.29) is 0 Å². The Morgan fingerprint density at radius 1 is 0.250 bits per heavy atom. The minimum absolute atomic E-state index is 0.681. The standard InChI is InChI=1S/C56H34N4/c1-3-10-36(11-4-1)51-34-52(37-12-5-2-6-13-37)60-56(59-51)42-26-22-39(23-27-42)50-33-29-41-25-24-40-28-32-49(57-54(40)55(41)58-50)38-20-18-35(19-21-38)43-30-31-48-45-15-8-7-14-44(45)47-17-9-16-46(43)53(47)48/h1-34H. The predicted octanol–water partition coefficient (Wildman–Crippen LogP) is 14.4. The fourth-order valence-corrected chi connectivity index (χ4v) is 8.85. The fourth-order valence-electron chi connectivity index (χ4n) is 8.85. The van der Waals surface area contributed by atoms with Gasteiger partial charge in [0.1, 0.15) is 0 Å². The van der Waals surface area contributed by atoms with Crippen molar-refractivity contribution in [2.45, 2.75) is 0 Å². The van der Waals surface area contributed by atoms with Crippen LogP contribution in [0.2, 0.25) is 0 Å². The van der Waals surface area contributed by atoms with Crippen LogP contribution in [0.25, 0.3) is 122 Å². The van der Waals surface area contributed by atoms with Gasteiger partial charge in [0.05, 0.1) is 33.8 Å². The maximum atomic E-state index is 5.26. The first-order chi connectivity index (χ1) is 29.7. The van der Waals surface area contributed by atoms with Crippen molar-refractivity contribution in [3.05, 3.63) is 206 Å². The quantitative estimate of drug-likeness (QED) is 0.158. The van der Waals surface area contributed by atoms with Crippen molar-refractivity contribution >= 4 is 32.6 Å². The third kappa shape index (κ3) is 5.69. The van der Waals surface area contributed by atoms with Gasteiger partial charge in [-0.2, -0.15) is 0 Å². The molecule has 0 saturated heterocycles. The van der Waals surface area contributed by atoms with Gasteiger partial charge in [-0.05, 0) is 62.4 Å². The molecule has 11 aromatic rings. The molecule has 3 heterocycles. The van der Waals surface area contributed by atoms with Crippen molar-refractivity contribution in [1.29, 1.82) is 0 Å². The molecule has 4 nitrogen and oxygen atoms in total. The Morgan fingerprint density at radius 3 is 1.25 bits per heavy atom. The Morgan fingerprint density at radius 2 is 0.683 bits per heavy atom. The van der Waals surface area contributed by atoms with Crippen molar-refractivity contribution in [3.63, 3.8) is 0 Å². The Bertz CT molecular complexity index is 3360. The highest BCUT2D eigenvalue weighted by atomic mass is 14.9. The van der Waals surface area contributed by atoms with Crippen LogP contribution in [0.4, 0.5) is 0 Å². The lowest BCUT2D eigenvalue weighted by atomic mass is 9.93. The maximum Gasteiger partial charge on any atom is 0.160 e. The maximum absolute atomic E-state index is 5.26. The molecule has 12 rings (SSSR count). The molecule has 0 bridgehead atoms. The molecular weight excluding hydrogens is 729 g/mol. The molecule has 0 radical (unpaired) electrons. The summed E-state index contributed by atoms with van der Waals surface area (Å²) in [7, 11) is 0. The summed E-state index contributed by atoms with van der Waals surface area (Å²) in [4.78, 5) is 20.5. The SMILES string of the molecule is c1ccc(-c2cc(-c3ccccc3)nc(-c3ccc(-c4ccc5ccc6ccc(-c7ccc(-c8ccc9c%10c(cccc8%10)-c8ccccc8-9)cc7)nc6c5n4)cc3)n2)cc1. The summed E-state index contributed by atoms with van der Waals surface area (Å²) in [5.41, 5.74) is 18.2. The average Bonchev–Trinajstić information content (AvgIpc) is 3.66. The second-order valence-corrected chi connectivity index (χ2v) is 15.4. The van der Waals surface area contributed by atoms with Gasteiger partial charge in [0.15, 0.2) is 5.82 Å². The third-order valence-electron chi connectivity index (χ3n) is 11.9. The molecule has 0 atom stereocenters. The van der Waals surface area contributed by atoms with Gasteiger partial charge in [-0.15, -0.1) is 0 Å². The number of aromatic nitrogens is 4. The van der Waals surface area contributed by atoms with Gasteiger partial charge < -0.3 is 0 Å². The average molecular weight is 763 g/mol. The molecule has 0 N–H and O–H groups in total. The summed E-state index contributed by atoms with van der Waals surface area (Å²) in [6.45, 7) is 0. The highest BCUT2D eigenvalue weighted by Crippen LogP contribution is 2.49. The van der Waals surface area contributed by atoms with Crippen LogP contribution in [-0.2, 0) is 0 Å². The number of benzene rings is 8. The van der Waals surface area contributed by atoms with Gasteiger partial charge in [0, 0.05) is 38.6 Å². The van der Waals surface area contributed by atoms with Crippen LogP contribution >= 0.6 is 0 Å². The molecule has 1 aliphatic rings. The first kappa shape index (κ1) is 34.0. The highest BCUT2D eigenvalue weighted by molar-refractivity contribution is 6.18. The minimum Gasteiger partial charge on any atom is -0.245 e. The Hall–Kier alpha value is -8.08. The van der Waals surface area contributed by atoms with Crippen molar-refractivity contribution in [2.24, 2.45) is 0 Å². The van der Waals surface area contributed by atoms with Gasteiger partial charge in [0.25, 0.3) is 0 Å². The lowest BCUT2D eigenvalue weighted by Gasteiger charge is -2.11. The largest absolute Gasteiger partial charge is 0.245 e. The van der Waals surface area contributed by atoms with Crippen LogP contribution in [0.3, 0.4) is 0 Å². The second kappa shape index (κ2) is 13.8. The number of hydrogen-bond donors (Lipinski definition) is 0. The van der Waals surface area contributed by atoms with E-state index in [4.69, 9.17) is 19.9 Å². The first-order valence-corrected chi connectivity index (χ1v) is 20.3. The summed E-state index contributed by atoms with van der Waals surface area (Å²) < 4.78 is 0. The number of rotatable bonds is 6. The molecule has 3 aromatic heterocycles. The second-order valence-electron chi connectivity index (χ2n) is 15.4. The molecular formula is C56H34N4. The normalized spacial score (nSPS) is 11.7. The molecule has 0 unspecified atom stereocenters. The summed E-state index contributed by atoms with van der Waals surface area (Å²) in [6.07, 6.45) is 0. The fraction of sp³-hybridized carbons (Fsp3) is 0. The zero-order valence-corrected chi connectivity index (χ0v) is 32.4. The monoisotopic (exact) mass is 762 g/mol. The van der Waals surface area contributed by atoms with Crippen LogP contribution in [0.15, 0.2) is 206 Å². The van der Waals surface area contributed by atoms with Crippen LogP contribution in [0, 0.1) is 0 Å². The molecule has 0 saturated carbocycles. The topological polar surface area (TPSA) is 51.6 Å². The molecule has 4 heteroatoms. The Kier molecular flexibility index (Phi) is 7.82. The Labute approximate surface area is 347 Å². The number of hydrogen-bond acceptors (Lipinski definition) is 4. The van der Waals surface area contributed by atoms with Gasteiger partial charge in [-0.1, -0.05) is 188 Å². The predicted molar refractivity (Wildman–Crippen MR) is 247 cm³/mol. The molecule has 60 heavy (non-hydrogen) atoms. The third-order valence-corrected chi connectivity index (χ3v) is 11.9. The van der Waals surface area contributed by atoms with Gasteiger partial charge >= 0.3 is 0 Å². The van der Waals surface area contributed by atoms with Gasteiger partial charge in [0.2, 0.25) is 0 Å². The van der Waals surface area contributed by atoms with Gasteiger partial charge in [-0.3, -0.25) is 0 Å². The van der Waals surface area contributed by atoms with E-state index in [2.05, 4.69) is 170 Å². The molecule has 8 aromatic carbocycles. The van der Waals surface area contributed by atoms with Gasteiger partial charge in [-0.25, -0.2) is 19.9 Å². The van der Waals surface area contributed by atoms with Crippen LogP contribution < -0.4 is 0 Å². The van der Waals surface area contributed by atoms with Crippen LogP contribution in [-0.4, -0.2) is 19.9 Å². The lowest BCUT2D eigenvalue weighted by Crippen LogP contribution is -1.96. The number of nitrogens with zero attached hydrogens (tertiary/aromatic N) is 4. The Balaban J connectivity index is 0.876. The van der Waals surface area contributed by atoms with Crippen molar-refractivity contribution in [3.8, 4) is 89.8 Å². The zero-order chi connectivity index (χ0) is 39.6. The number of fused-ring (bicyclic) bond motifs is 6. The minimum atomic E-state index is 0.681. The van der Waals surface area contributed by atoms with Crippen molar-refractivity contribution in [2.75, 3.05) is 0 Å². The van der Waals surface area contributed by atoms with Crippen molar-refractivity contribution in [1.82, 2.24) is 19.9 Å². The summed E-state index contributed by atoms with van der Waals surface area (Å²) in [5, 5.41) is 4.73. The summed E-state index contributed by atoms with van der Waals surface area (Å²) >= 11 is 0. The molecule has 0 aliphatic heterocycles. The molecule has 0 amide bonds. The van der Waals surface area contributed by atoms with E-state index < -0.39 is 0 Å². The highest BCUT2D eigenvalue weighted by Gasteiger charge is 2.22. The molecule has 0 fully saturated rings. The summed E-state index contributed by atoms with van der Waals surface area (Å²) in [6, 6.07) is 72.6. The van der Waals surface area contributed by atoms with Crippen LogP contribution in [0.5, 0.6) is 0 Å². The van der Waals surface area contributed by atoms with E-state index in [0.717, 1.165) is 72.4 Å². The van der Waals surface area contributed by atoms with E-state index >= 15 is 0 Å². The molecule has 278 valence electrons. The van der Waals surface area contributed by atoms with Crippen LogP contribution in [0.1, 0.15) is 0 Å². The van der Waals surface area contributed by atoms with E-state index in [9.17, 15) is 0 Å². The lowest BCUT2D eigenvalue weighted by molar-refractivity contribution is 1.18. The number of pyridine rings is 2. The van der Waals surface area contributed by atoms with E-state index in [1.54, 1.807) is 0 Å².